The van der Waals surface area contributed by atoms with E-state index in [1.807, 2.05) is 64.1 Å². The summed E-state index contributed by atoms with van der Waals surface area (Å²) in [4.78, 5) is 39.6. The van der Waals surface area contributed by atoms with Crippen molar-refractivity contribution in [3.63, 3.8) is 0 Å². The van der Waals surface area contributed by atoms with Crippen molar-refractivity contribution < 1.29 is 29.0 Å². The monoisotopic (exact) mass is 485 g/mol. The van der Waals surface area contributed by atoms with Crippen molar-refractivity contribution in [3.8, 4) is 0 Å². The first kappa shape index (κ1) is 28.3. The van der Waals surface area contributed by atoms with E-state index in [1.165, 1.54) is 17.9 Å². The van der Waals surface area contributed by atoms with Crippen LogP contribution in [0.2, 0.25) is 0 Å². The highest BCUT2D eigenvalue weighted by atomic mass is 16.6. The van der Waals surface area contributed by atoms with Crippen LogP contribution in [-0.2, 0) is 30.3 Å². The predicted molar refractivity (Wildman–Crippen MR) is 134 cm³/mol. The lowest BCUT2D eigenvalue weighted by Crippen LogP contribution is -2.46. The maximum absolute atomic E-state index is 13.3. The molecule has 192 valence electrons. The number of likely N-dealkylation sites (N-methyl/N-ethyl adjacent to an activating group) is 1. The molecule has 1 aliphatic rings. The van der Waals surface area contributed by atoms with E-state index in [9.17, 15) is 19.5 Å². The minimum atomic E-state index is -0.848. The predicted octanol–water partition coefficient (Wildman–Crippen LogP) is 3.70. The third kappa shape index (κ3) is 7.79. The minimum absolute atomic E-state index is 0.240. The molecular formula is C28H39NO6. The fourth-order valence-electron chi connectivity index (χ4n) is 4.37. The highest BCUT2D eigenvalue weighted by Crippen LogP contribution is 2.27. The second-order valence-corrected chi connectivity index (χ2v) is 9.66. The minimum Gasteiger partial charge on any atom is -0.462 e. The van der Waals surface area contributed by atoms with Crippen molar-refractivity contribution in [1.82, 2.24) is 4.90 Å². The molecule has 0 unspecified atom stereocenters. The molecule has 0 spiro atoms. The van der Waals surface area contributed by atoms with Crippen LogP contribution < -0.4 is 0 Å². The lowest BCUT2D eigenvalue weighted by molar-refractivity contribution is -0.165. The number of cyclic esters (lactones) is 1. The molecule has 1 N–H and O–H groups in total. The molecule has 1 heterocycles. The van der Waals surface area contributed by atoms with Crippen molar-refractivity contribution in [2.45, 2.75) is 72.3 Å². The van der Waals surface area contributed by atoms with Crippen molar-refractivity contribution in [3.05, 3.63) is 59.7 Å². The van der Waals surface area contributed by atoms with Gasteiger partial charge < -0.3 is 19.5 Å². The fraction of sp³-hybridized carbons (Fsp3) is 0.536. The fourth-order valence-corrected chi connectivity index (χ4v) is 4.37. The first-order valence-electron chi connectivity index (χ1n) is 12.1. The van der Waals surface area contributed by atoms with Gasteiger partial charge in [-0.1, -0.05) is 63.3 Å². The summed E-state index contributed by atoms with van der Waals surface area (Å²) in [5.41, 5.74) is 1.60. The summed E-state index contributed by atoms with van der Waals surface area (Å²) in [5.74, 6) is -2.23. The highest BCUT2D eigenvalue weighted by Gasteiger charge is 2.35. The number of amides is 1. The molecule has 7 heteroatoms. The zero-order chi connectivity index (χ0) is 26.3. The Morgan fingerprint density at radius 2 is 1.71 bits per heavy atom. The Hall–Kier alpha value is -2.93. The zero-order valence-electron chi connectivity index (χ0n) is 21.8. The summed E-state index contributed by atoms with van der Waals surface area (Å²) in [7, 11) is 1.57. The Balaban J connectivity index is 2.49. The summed E-state index contributed by atoms with van der Waals surface area (Å²) in [6.07, 6.45) is 3.22. The van der Waals surface area contributed by atoms with Gasteiger partial charge in [0, 0.05) is 38.1 Å². The number of aliphatic hydroxyl groups is 1. The summed E-state index contributed by atoms with van der Waals surface area (Å²) in [6, 6.07) is 8.59. The second kappa shape index (κ2) is 12.7. The topological polar surface area (TPSA) is 93.1 Å². The van der Waals surface area contributed by atoms with E-state index in [1.54, 1.807) is 20.0 Å². The largest absolute Gasteiger partial charge is 0.462 e. The lowest BCUT2D eigenvalue weighted by atomic mass is 9.86. The molecule has 0 aromatic heterocycles. The van der Waals surface area contributed by atoms with Crippen molar-refractivity contribution in [2.75, 3.05) is 7.05 Å². The molecule has 0 aliphatic carbocycles. The Labute approximate surface area is 208 Å². The quantitative estimate of drug-likeness (QED) is 0.518. The number of ether oxygens (including phenoxy) is 2. The van der Waals surface area contributed by atoms with E-state index in [0.29, 0.717) is 12.0 Å². The second-order valence-electron chi connectivity index (χ2n) is 9.66. The van der Waals surface area contributed by atoms with Gasteiger partial charge in [0.1, 0.15) is 18.2 Å². The molecule has 0 saturated carbocycles. The van der Waals surface area contributed by atoms with Gasteiger partial charge in [0.05, 0.1) is 6.10 Å². The molecular weight excluding hydrogens is 446 g/mol. The number of carbonyl (C=O) groups excluding carboxylic acids is 3. The van der Waals surface area contributed by atoms with Crippen LogP contribution in [0.25, 0.3) is 0 Å². The zero-order valence-corrected chi connectivity index (χ0v) is 21.8. The maximum atomic E-state index is 13.3. The molecule has 35 heavy (non-hydrogen) atoms. The Bertz CT molecular complexity index is 940. The van der Waals surface area contributed by atoms with Crippen LogP contribution in [0.1, 0.15) is 47.1 Å². The van der Waals surface area contributed by atoms with E-state index in [2.05, 4.69) is 0 Å². The maximum Gasteiger partial charge on any atom is 0.329 e. The van der Waals surface area contributed by atoms with Gasteiger partial charge in [0.25, 0.3) is 0 Å². The van der Waals surface area contributed by atoms with E-state index in [4.69, 9.17) is 9.47 Å². The van der Waals surface area contributed by atoms with Crippen LogP contribution >= 0.6 is 0 Å². The van der Waals surface area contributed by atoms with Crippen LogP contribution in [0.4, 0.5) is 0 Å². The third-order valence-corrected chi connectivity index (χ3v) is 6.77. The van der Waals surface area contributed by atoms with Crippen LogP contribution in [-0.4, -0.2) is 59.3 Å². The van der Waals surface area contributed by atoms with E-state index in [0.717, 1.165) is 5.56 Å². The van der Waals surface area contributed by atoms with Crippen LogP contribution in [0, 0.1) is 17.8 Å². The van der Waals surface area contributed by atoms with E-state index >= 15 is 0 Å². The molecule has 0 bridgehead atoms. The Kier molecular flexibility index (Phi) is 10.3. The van der Waals surface area contributed by atoms with Gasteiger partial charge in [0.2, 0.25) is 5.91 Å². The molecule has 1 aliphatic heterocycles. The lowest BCUT2D eigenvalue weighted by Gasteiger charge is -2.33. The van der Waals surface area contributed by atoms with Crippen LogP contribution in [0.3, 0.4) is 0 Å². The first-order valence-corrected chi connectivity index (χ1v) is 12.1. The summed E-state index contributed by atoms with van der Waals surface area (Å²) in [6.45, 7) is 10.5. The molecule has 7 atom stereocenters. The van der Waals surface area contributed by atoms with Gasteiger partial charge in [-0.25, -0.2) is 4.79 Å². The van der Waals surface area contributed by atoms with Gasteiger partial charge in [-0.05, 0) is 31.1 Å². The van der Waals surface area contributed by atoms with E-state index in [-0.39, 0.29) is 23.7 Å². The first-order chi connectivity index (χ1) is 16.4. The smallest absolute Gasteiger partial charge is 0.329 e. The Morgan fingerprint density at radius 1 is 1.09 bits per heavy atom. The number of hydrogen-bond acceptors (Lipinski definition) is 6. The van der Waals surface area contributed by atoms with Gasteiger partial charge in [-0.15, -0.1) is 0 Å². The standard InChI is InChI=1S/C28H39NO6/c1-17-13-14-25(31)29(7)24(16-23-11-9-8-10-12-23)28(33)34-21(5)20(4)27(35-22(6)30)19(3)15-18(2)26(17)32/h8-15,17,19-21,24,26-27,32H,16H2,1-7H3/b14-13-,18-15-/t17-,19-,20-,21-,24-,26+,27+/m0/s1. The number of benzene rings is 1. The molecule has 1 aromatic carbocycles. The summed E-state index contributed by atoms with van der Waals surface area (Å²) >= 11 is 0. The molecule has 0 saturated heterocycles. The third-order valence-electron chi connectivity index (χ3n) is 6.77. The molecule has 2 rings (SSSR count). The average Bonchev–Trinajstić information content (AvgIpc) is 2.82. The van der Waals surface area contributed by atoms with Gasteiger partial charge in [0.15, 0.2) is 0 Å². The SMILES string of the molecule is CC(=O)O[C@H]1[C@@H](C)[C@H](C)OC(=O)[C@H](Cc2ccccc2)N(C)C(=O)/C=C\[C@H](C)[C@@H](O)/C(C)=C\[C@@H]1C. The number of hydrogen-bond donors (Lipinski definition) is 1. The molecule has 7 nitrogen and oxygen atoms in total. The van der Waals surface area contributed by atoms with Crippen LogP contribution in [0.15, 0.2) is 54.1 Å². The molecule has 0 radical (unpaired) electrons. The number of nitrogens with zero attached hydrogens (tertiary/aromatic N) is 1. The van der Waals surface area contributed by atoms with Crippen molar-refractivity contribution in [2.24, 2.45) is 17.8 Å². The average molecular weight is 486 g/mol. The summed E-state index contributed by atoms with van der Waals surface area (Å²) < 4.78 is 11.5. The van der Waals surface area contributed by atoms with Gasteiger partial charge in [-0.3, -0.25) is 9.59 Å². The molecule has 1 amide bonds. The van der Waals surface area contributed by atoms with Crippen molar-refractivity contribution >= 4 is 17.8 Å². The number of rotatable bonds is 3. The molecule has 1 aromatic rings. The van der Waals surface area contributed by atoms with Gasteiger partial charge in [-0.2, -0.15) is 0 Å². The van der Waals surface area contributed by atoms with Crippen molar-refractivity contribution in [1.29, 1.82) is 0 Å². The highest BCUT2D eigenvalue weighted by molar-refractivity contribution is 5.91. The Morgan fingerprint density at radius 3 is 2.31 bits per heavy atom. The van der Waals surface area contributed by atoms with Gasteiger partial charge >= 0.3 is 11.9 Å². The number of aliphatic hydroxyl groups excluding tert-OH is 1. The van der Waals surface area contributed by atoms with E-state index < -0.39 is 36.3 Å². The number of carbonyl (C=O) groups is 3. The number of esters is 2. The van der Waals surface area contributed by atoms with Crippen LogP contribution in [0.5, 0.6) is 0 Å². The normalized spacial score (nSPS) is 33.5. The molecule has 0 fully saturated rings. The summed E-state index contributed by atoms with van der Waals surface area (Å²) in [5, 5.41) is 10.8.